The van der Waals surface area contributed by atoms with Crippen LogP contribution in [0.15, 0.2) is 30.3 Å². The molecule has 22 heavy (non-hydrogen) atoms. The Morgan fingerprint density at radius 3 is 1.91 bits per heavy atom. The first-order chi connectivity index (χ1) is 10.5. The van der Waals surface area contributed by atoms with Crippen LogP contribution in [0.5, 0.6) is 0 Å². The lowest BCUT2D eigenvalue weighted by atomic mass is 10.3. The van der Waals surface area contributed by atoms with Crippen LogP contribution in [0.1, 0.15) is 34.6 Å². The van der Waals surface area contributed by atoms with Crippen LogP contribution in [0.2, 0.25) is 0 Å². The molecule has 0 aromatic heterocycles. The van der Waals surface area contributed by atoms with Gasteiger partial charge in [-0.15, -0.1) is 0 Å². The van der Waals surface area contributed by atoms with E-state index >= 15 is 0 Å². The van der Waals surface area contributed by atoms with Gasteiger partial charge in [-0.3, -0.25) is 9.59 Å². The third-order valence-electron chi connectivity index (χ3n) is 1.62. The minimum absolute atomic E-state index is 0.361. The summed E-state index contributed by atoms with van der Waals surface area (Å²) in [5.41, 5.74) is 2.82. The highest BCUT2D eigenvalue weighted by Gasteiger charge is 1.93. The quantitative estimate of drug-likeness (QED) is 0.679. The number of benzene rings is 1. The highest BCUT2D eigenvalue weighted by Crippen LogP contribution is 2.07. The first-order valence-corrected chi connectivity index (χ1v) is 8.46. The maximum atomic E-state index is 10.2. The van der Waals surface area contributed by atoms with Crippen molar-refractivity contribution in [3.63, 3.8) is 0 Å². The van der Waals surface area contributed by atoms with Gasteiger partial charge in [0.15, 0.2) is 11.1 Å². The molecule has 2 amide bonds. The summed E-state index contributed by atoms with van der Waals surface area (Å²) in [5, 5.41) is 0. The van der Waals surface area contributed by atoms with Crippen molar-refractivity contribution in [1.82, 2.24) is 5.48 Å². The smallest absolute Gasteiger partial charge is 0.241 e. The average molecular weight is 332 g/mol. The van der Waals surface area contributed by atoms with Crippen molar-refractivity contribution in [3.8, 4) is 0 Å². The monoisotopic (exact) mass is 332 g/mol. The van der Waals surface area contributed by atoms with E-state index in [4.69, 9.17) is 0 Å². The molecular weight excluding hydrogens is 304 g/mol. The van der Waals surface area contributed by atoms with Gasteiger partial charge in [0.25, 0.3) is 0 Å². The zero-order valence-electron chi connectivity index (χ0n) is 14.5. The first-order valence-electron chi connectivity index (χ1n) is 6.98. The van der Waals surface area contributed by atoms with Crippen LogP contribution in [0.25, 0.3) is 0 Å². The van der Waals surface area contributed by atoms with Gasteiger partial charge >= 0.3 is 0 Å². The predicted octanol–water partition coefficient (Wildman–Crippen LogP) is 2.68. The average Bonchev–Trinajstić information content (AvgIpc) is 2.57. The summed E-state index contributed by atoms with van der Waals surface area (Å²) in [6.07, 6.45) is 2.10. The third-order valence-corrected chi connectivity index (χ3v) is 1.94. The fourth-order valence-electron chi connectivity index (χ4n) is 0.841. The lowest BCUT2D eigenvalue weighted by Gasteiger charge is -2.08. The Morgan fingerprint density at radius 2 is 1.64 bits per heavy atom. The number of nitrogens with one attached hydrogen (secondary N) is 1. The minimum atomic E-state index is -1.42. The summed E-state index contributed by atoms with van der Waals surface area (Å²) in [6, 6.07) is 9.48. The Morgan fingerprint density at radius 1 is 1.18 bits per heavy atom. The second-order valence-electron chi connectivity index (χ2n) is 3.19. The number of carbonyl (C=O) groups excluding carboxylic acids is 2. The molecule has 1 aromatic carbocycles. The number of nitrogens with zero attached hydrogens (tertiary/aromatic N) is 1. The Kier molecular flexibility index (Phi) is 22.1. The molecule has 6 nitrogen and oxygen atoms in total. The molecule has 1 atom stereocenters. The minimum Gasteiger partial charge on any atom is -0.318 e. The van der Waals surface area contributed by atoms with Gasteiger partial charge in [0, 0.05) is 25.9 Å². The van der Waals surface area contributed by atoms with E-state index in [1.165, 1.54) is 18.1 Å². The number of carbonyl (C=O) groups is 2. The number of hydroxylamine groups is 1. The van der Waals surface area contributed by atoms with E-state index in [0.717, 1.165) is 12.1 Å². The van der Waals surface area contributed by atoms with Crippen LogP contribution in [-0.2, 0) is 25.0 Å². The molecule has 128 valence electrons. The molecule has 0 heterocycles. The molecule has 1 N–H and O–H groups in total. The number of anilines is 1. The van der Waals surface area contributed by atoms with E-state index in [1.807, 2.05) is 63.5 Å². The van der Waals surface area contributed by atoms with E-state index < -0.39 is 11.1 Å². The Balaban J connectivity index is -0.000000272. The van der Waals surface area contributed by atoms with Gasteiger partial charge in [0.05, 0.1) is 0 Å². The van der Waals surface area contributed by atoms with Crippen molar-refractivity contribution in [1.29, 1.82) is 0 Å². The molecule has 1 aromatic rings. The molecule has 0 saturated heterocycles. The molecule has 0 saturated carbocycles. The second kappa shape index (κ2) is 19.3. The molecule has 0 spiro atoms. The summed E-state index contributed by atoms with van der Waals surface area (Å²) < 4.78 is 14.2. The lowest BCUT2D eigenvalue weighted by Crippen LogP contribution is -2.20. The topological polar surface area (TPSA) is 75.7 Å². The maximum absolute atomic E-state index is 10.2. The molecule has 1 rings (SSSR count). The zero-order chi connectivity index (χ0) is 18.0. The van der Waals surface area contributed by atoms with Crippen LogP contribution < -0.4 is 10.4 Å². The maximum Gasteiger partial charge on any atom is 0.241 e. The third kappa shape index (κ3) is 18.3. The molecule has 0 aliphatic heterocycles. The molecule has 1 unspecified atom stereocenters. The van der Waals surface area contributed by atoms with Crippen molar-refractivity contribution in [2.45, 2.75) is 34.6 Å². The van der Waals surface area contributed by atoms with E-state index in [2.05, 4.69) is 4.28 Å². The van der Waals surface area contributed by atoms with E-state index in [1.54, 1.807) is 7.05 Å². The van der Waals surface area contributed by atoms with Crippen molar-refractivity contribution >= 4 is 29.1 Å². The second-order valence-corrected chi connectivity index (χ2v) is 4.16. The number of hydrogen-bond acceptors (Lipinski definition) is 4. The van der Waals surface area contributed by atoms with Crippen molar-refractivity contribution in [2.75, 3.05) is 18.2 Å². The molecule has 0 bridgehead atoms. The summed E-state index contributed by atoms with van der Waals surface area (Å²) >= 11 is -1.42. The SMILES string of the molecule is CC.CC.CC(=O)NOS(C)=O.CN(C=O)c1ccccc1. The van der Waals surface area contributed by atoms with Gasteiger partial charge in [0.1, 0.15) is 0 Å². The molecular formula is C15H28N2O4S. The van der Waals surface area contributed by atoms with Crippen LogP contribution in [0, 0.1) is 0 Å². The molecule has 0 radical (unpaired) electrons. The lowest BCUT2D eigenvalue weighted by molar-refractivity contribution is -0.124. The van der Waals surface area contributed by atoms with Crippen molar-refractivity contribution in [3.05, 3.63) is 30.3 Å². The largest absolute Gasteiger partial charge is 0.318 e. The number of para-hydroxylation sites is 1. The highest BCUT2D eigenvalue weighted by molar-refractivity contribution is 7.79. The highest BCUT2D eigenvalue weighted by atomic mass is 32.2. The number of rotatable bonds is 4. The molecule has 0 fully saturated rings. The predicted molar refractivity (Wildman–Crippen MR) is 92.6 cm³/mol. The van der Waals surface area contributed by atoms with Crippen molar-refractivity contribution < 1.29 is 18.1 Å². The van der Waals surface area contributed by atoms with Crippen molar-refractivity contribution in [2.24, 2.45) is 0 Å². The Labute approximate surface area is 136 Å². The van der Waals surface area contributed by atoms with E-state index in [9.17, 15) is 13.8 Å². The van der Waals surface area contributed by atoms with Gasteiger partial charge in [-0.2, -0.15) is 4.28 Å². The molecule has 0 aliphatic rings. The van der Waals surface area contributed by atoms with Gasteiger partial charge in [-0.05, 0) is 12.1 Å². The first kappa shape index (κ1) is 25.2. The standard InChI is InChI=1S/C8H9NO.C3H7NO3S.2C2H6/c1-9(7-10)8-5-3-2-4-6-8;1-3(5)4-7-8(2)6;2*1-2/h2-7H,1H3;1-2H3,(H,4,5);2*1-2H3. The molecule has 0 aliphatic carbocycles. The Bertz CT molecular complexity index is 386. The van der Waals surface area contributed by atoms with Crippen LogP contribution in [0.3, 0.4) is 0 Å². The van der Waals surface area contributed by atoms with Gasteiger partial charge in [0.2, 0.25) is 12.3 Å². The van der Waals surface area contributed by atoms with Gasteiger partial charge in [-0.25, -0.2) is 9.69 Å². The summed E-state index contributed by atoms with van der Waals surface area (Å²) in [6.45, 7) is 9.27. The fourth-order valence-corrected chi connectivity index (χ4v) is 1.08. The Hall–Kier alpha value is -1.73. The molecule has 7 heteroatoms. The van der Waals surface area contributed by atoms with E-state index in [0.29, 0.717) is 0 Å². The van der Waals surface area contributed by atoms with Crippen LogP contribution >= 0.6 is 0 Å². The van der Waals surface area contributed by atoms with Crippen LogP contribution in [-0.4, -0.2) is 29.8 Å². The van der Waals surface area contributed by atoms with Crippen LogP contribution in [0.4, 0.5) is 5.69 Å². The number of amides is 2. The normalized spacial score (nSPS) is 9.23. The fraction of sp³-hybridized carbons (Fsp3) is 0.467. The summed E-state index contributed by atoms with van der Waals surface area (Å²) in [5.74, 6) is -0.361. The van der Waals surface area contributed by atoms with Gasteiger partial charge < -0.3 is 4.90 Å². The zero-order valence-corrected chi connectivity index (χ0v) is 15.3. The summed E-state index contributed by atoms with van der Waals surface area (Å²) in [7, 11) is 1.72. The van der Waals surface area contributed by atoms with E-state index in [-0.39, 0.29) is 5.91 Å². The summed E-state index contributed by atoms with van der Waals surface area (Å²) in [4.78, 5) is 21.7. The van der Waals surface area contributed by atoms with Gasteiger partial charge in [-0.1, -0.05) is 45.9 Å². The number of hydrogen-bond donors (Lipinski definition) is 1.